The van der Waals surface area contributed by atoms with Crippen LogP contribution in [0.5, 0.6) is 5.75 Å². The number of nitrogens with two attached hydrogens (primary N) is 1. The highest BCUT2D eigenvalue weighted by Gasteiger charge is 2.07. The van der Waals surface area contributed by atoms with Crippen LogP contribution in [0.2, 0.25) is 0 Å². The van der Waals surface area contributed by atoms with Gasteiger partial charge in [-0.1, -0.05) is 6.07 Å². The van der Waals surface area contributed by atoms with Crippen LogP contribution in [-0.4, -0.2) is 18.0 Å². The fourth-order valence-corrected chi connectivity index (χ4v) is 2.00. The molecule has 0 aliphatic rings. The summed E-state index contributed by atoms with van der Waals surface area (Å²) in [6, 6.07) is 6.98. The van der Waals surface area contributed by atoms with Crippen LogP contribution in [0.3, 0.4) is 0 Å². The zero-order valence-corrected chi connectivity index (χ0v) is 10.7. The molecule has 18 heavy (non-hydrogen) atoms. The summed E-state index contributed by atoms with van der Waals surface area (Å²) in [5, 5.41) is 5.10. The van der Waals surface area contributed by atoms with E-state index in [-0.39, 0.29) is 5.91 Å². The summed E-state index contributed by atoms with van der Waals surface area (Å²) < 4.78 is 5.06. The Morgan fingerprint density at radius 3 is 3.06 bits per heavy atom. The Kier molecular flexibility index (Phi) is 3.78. The molecule has 0 saturated carbocycles. The second-order valence-corrected chi connectivity index (χ2v) is 4.48. The lowest BCUT2D eigenvalue weighted by molar-refractivity contribution is 0.0950. The first-order valence-corrected chi connectivity index (χ1v) is 6.19. The van der Waals surface area contributed by atoms with Gasteiger partial charge in [-0.25, -0.2) is 4.98 Å². The third-order valence-electron chi connectivity index (χ3n) is 2.33. The number of hydrogen-bond acceptors (Lipinski definition) is 5. The molecular formula is C12H13N3O2S. The van der Waals surface area contributed by atoms with E-state index in [2.05, 4.69) is 10.3 Å². The molecular weight excluding hydrogens is 250 g/mol. The lowest BCUT2D eigenvalue weighted by Crippen LogP contribution is -2.22. The Morgan fingerprint density at radius 2 is 2.39 bits per heavy atom. The smallest absolute Gasteiger partial charge is 0.251 e. The van der Waals surface area contributed by atoms with Crippen molar-refractivity contribution in [2.45, 2.75) is 6.54 Å². The number of nitrogen functional groups attached to an aromatic ring is 1. The maximum Gasteiger partial charge on any atom is 0.251 e. The van der Waals surface area contributed by atoms with Gasteiger partial charge in [-0.2, -0.15) is 0 Å². The average molecular weight is 263 g/mol. The minimum atomic E-state index is -0.166. The lowest BCUT2D eigenvalue weighted by Gasteiger charge is -2.05. The standard InChI is InChI=1S/C12H13N3O2S/c1-17-10-4-2-3-8(5-10)11(16)14-6-9-7-18-12(13)15-9/h2-5,7H,6H2,1H3,(H2,13,15)(H,14,16). The Labute approximate surface area is 109 Å². The molecule has 2 aromatic rings. The Morgan fingerprint density at radius 1 is 1.56 bits per heavy atom. The predicted molar refractivity (Wildman–Crippen MR) is 70.7 cm³/mol. The Balaban J connectivity index is 1.99. The van der Waals surface area contributed by atoms with Crippen molar-refractivity contribution in [3.05, 3.63) is 40.9 Å². The second kappa shape index (κ2) is 5.50. The highest BCUT2D eigenvalue weighted by Crippen LogP contribution is 2.13. The molecule has 0 saturated heterocycles. The van der Waals surface area contributed by atoms with Gasteiger partial charge in [0.2, 0.25) is 0 Å². The predicted octanol–water partition coefficient (Wildman–Crippen LogP) is 1.66. The molecule has 0 aliphatic heterocycles. The number of carbonyl (C=O) groups is 1. The van der Waals surface area contributed by atoms with Crippen LogP contribution in [0.25, 0.3) is 0 Å². The molecule has 0 aliphatic carbocycles. The highest BCUT2D eigenvalue weighted by molar-refractivity contribution is 7.13. The maximum absolute atomic E-state index is 11.9. The Hall–Kier alpha value is -2.08. The van der Waals surface area contributed by atoms with Crippen LogP contribution < -0.4 is 15.8 Å². The lowest BCUT2D eigenvalue weighted by atomic mass is 10.2. The monoisotopic (exact) mass is 263 g/mol. The largest absolute Gasteiger partial charge is 0.497 e. The topological polar surface area (TPSA) is 77.2 Å². The molecule has 2 rings (SSSR count). The number of nitrogens with one attached hydrogen (secondary N) is 1. The van der Waals surface area contributed by atoms with Gasteiger partial charge in [-0.15, -0.1) is 11.3 Å². The average Bonchev–Trinajstić information content (AvgIpc) is 2.82. The van der Waals surface area contributed by atoms with Crippen molar-refractivity contribution in [3.63, 3.8) is 0 Å². The molecule has 0 bridgehead atoms. The summed E-state index contributed by atoms with van der Waals surface area (Å²) in [6.45, 7) is 0.365. The van der Waals surface area contributed by atoms with Crippen LogP contribution in [0, 0.1) is 0 Å². The molecule has 1 amide bonds. The van der Waals surface area contributed by atoms with E-state index in [1.165, 1.54) is 11.3 Å². The van der Waals surface area contributed by atoms with Gasteiger partial charge < -0.3 is 15.8 Å². The molecule has 0 fully saturated rings. The van der Waals surface area contributed by atoms with Gasteiger partial charge in [0.05, 0.1) is 19.3 Å². The summed E-state index contributed by atoms with van der Waals surface area (Å²) in [7, 11) is 1.56. The number of nitrogens with zero attached hydrogens (tertiary/aromatic N) is 1. The van der Waals surface area contributed by atoms with Crippen LogP contribution in [0.4, 0.5) is 5.13 Å². The SMILES string of the molecule is COc1cccc(C(=O)NCc2csc(N)n2)c1. The first-order valence-electron chi connectivity index (χ1n) is 5.31. The van der Waals surface area contributed by atoms with Crippen molar-refractivity contribution in [1.82, 2.24) is 10.3 Å². The zero-order chi connectivity index (χ0) is 13.0. The van der Waals surface area contributed by atoms with Crippen LogP contribution in [-0.2, 0) is 6.54 Å². The second-order valence-electron chi connectivity index (χ2n) is 3.59. The number of aromatic nitrogens is 1. The van der Waals surface area contributed by atoms with Gasteiger partial charge in [0, 0.05) is 10.9 Å². The van der Waals surface area contributed by atoms with E-state index in [1.807, 2.05) is 5.38 Å². The molecule has 0 unspecified atom stereocenters. The number of thiazole rings is 1. The van der Waals surface area contributed by atoms with E-state index < -0.39 is 0 Å². The molecule has 5 nitrogen and oxygen atoms in total. The van der Waals surface area contributed by atoms with Gasteiger partial charge in [-0.05, 0) is 18.2 Å². The van der Waals surface area contributed by atoms with Crippen molar-refractivity contribution < 1.29 is 9.53 Å². The number of benzene rings is 1. The number of hydrogen-bond donors (Lipinski definition) is 2. The van der Waals surface area contributed by atoms with Gasteiger partial charge in [0.15, 0.2) is 5.13 Å². The molecule has 6 heteroatoms. The van der Waals surface area contributed by atoms with Crippen LogP contribution in [0.1, 0.15) is 16.1 Å². The number of rotatable bonds is 4. The third kappa shape index (κ3) is 2.98. The van der Waals surface area contributed by atoms with Crippen molar-refractivity contribution in [2.24, 2.45) is 0 Å². The summed E-state index contributed by atoms with van der Waals surface area (Å²) >= 11 is 1.35. The molecule has 1 aromatic carbocycles. The van der Waals surface area contributed by atoms with Crippen molar-refractivity contribution in [2.75, 3.05) is 12.8 Å². The fourth-order valence-electron chi connectivity index (χ4n) is 1.44. The molecule has 0 spiro atoms. The van der Waals surface area contributed by atoms with Gasteiger partial charge in [-0.3, -0.25) is 4.79 Å². The fraction of sp³-hybridized carbons (Fsp3) is 0.167. The quantitative estimate of drug-likeness (QED) is 0.879. The van der Waals surface area contributed by atoms with E-state index >= 15 is 0 Å². The van der Waals surface area contributed by atoms with Gasteiger partial charge in [0.25, 0.3) is 5.91 Å². The maximum atomic E-state index is 11.9. The number of amides is 1. The van der Waals surface area contributed by atoms with Gasteiger partial charge in [0.1, 0.15) is 5.75 Å². The molecule has 0 atom stereocenters. The van der Waals surface area contributed by atoms with Crippen molar-refractivity contribution >= 4 is 22.4 Å². The highest BCUT2D eigenvalue weighted by atomic mass is 32.1. The summed E-state index contributed by atoms with van der Waals surface area (Å²) in [5.74, 6) is 0.487. The molecule has 94 valence electrons. The minimum absolute atomic E-state index is 0.166. The zero-order valence-electron chi connectivity index (χ0n) is 9.84. The molecule has 1 aromatic heterocycles. The summed E-state index contributed by atoms with van der Waals surface area (Å²) in [6.07, 6.45) is 0. The summed E-state index contributed by atoms with van der Waals surface area (Å²) in [4.78, 5) is 15.9. The van der Waals surface area contributed by atoms with Crippen molar-refractivity contribution in [1.29, 1.82) is 0 Å². The minimum Gasteiger partial charge on any atom is -0.497 e. The Bertz CT molecular complexity index is 554. The summed E-state index contributed by atoms with van der Waals surface area (Å²) in [5.41, 5.74) is 6.82. The first-order chi connectivity index (χ1) is 8.69. The van der Waals surface area contributed by atoms with Crippen LogP contribution >= 0.6 is 11.3 Å². The molecule has 3 N–H and O–H groups in total. The first kappa shape index (κ1) is 12.4. The van der Waals surface area contributed by atoms with Crippen LogP contribution in [0.15, 0.2) is 29.6 Å². The normalized spacial score (nSPS) is 10.1. The molecule has 1 heterocycles. The van der Waals surface area contributed by atoms with E-state index in [9.17, 15) is 4.79 Å². The van der Waals surface area contributed by atoms with E-state index in [1.54, 1.807) is 31.4 Å². The number of anilines is 1. The number of carbonyl (C=O) groups excluding carboxylic acids is 1. The van der Waals surface area contributed by atoms with Crippen molar-refractivity contribution in [3.8, 4) is 5.75 Å². The number of methoxy groups -OCH3 is 1. The van der Waals surface area contributed by atoms with E-state index in [0.717, 1.165) is 5.69 Å². The molecule has 0 radical (unpaired) electrons. The number of ether oxygens (including phenoxy) is 1. The van der Waals surface area contributed by atoms with E-state index in [4.69, 9.17) is 10.5 Å². The van der Waals surface area contributed by atoms with E-state index in [0.29, 0.717) is 23.0 Å². The third-order valence-corrected chi connectivity index (χ3v) is 3.05. The van der Waals surface area contributed by atoms with Gasteiger partial charge >= 0.3 is 0 Å².